The zero-order chi connectivity index (χ0) is 12.1. The van der Waals surface area contributed by atoms with Gasteiger partial charge >= 0.3 is 0 Å². The monoisotopic (exact) mass is 227 g/mol. The summed E-state index contributed by atoms with van der Waals surface area (Å²) in [7, 11) is 0. The van der Waals surface area contributed by atoms with Gasteiger partial charge in [0, 0.05) is 0 Å². The SMILES string of the molecule is CCOc1cccc(C(N)c2ccccc2)c1. The molecule has 0 radical (unpaired) electrons. The van der Waals surface area contributed by atoms with Gasteiger partial charge in [-0.15, -0.1) is 0 Å². The molecule has 0 aliphatic rings. The van der Waals surface area contributed by atoms with Gasteiger partial charge < -0.3 is 10.5 Å². The smallest absolute Gasteiger partial charge is 0.119 e. The molecule has 0 bridgehead atoms. The normalized spacial score (nSPS) is 12.1. The molecule has 0 amide bonds. The molecule has 88 valence electrons. The Labute approximate surface area is 102 Å². The quantitative estimate of drug-likeness (QED) is 0.871. The van der Waals surface area contributed by atoms with Crippen molar-refractivity contribution in [2.75, 3.05) is 6.61 Å². The van der Waals surface area contributed by atoms with Crippen molar-refractivity contribution in [2.45, 2.75) is 13.0 Å². The minimum Gasteiger partial charge on any atom is -0.494 e. The molecule has 2 nitrogen and oxygen atoms in total. The van der Waals surface area contributed by atoms with E-state index in [2.05, 4.69) is 0 Å². The molecule has 2 aromatic rings. The van der Waals surface area contributed by atoms with Crippen LogP contribution in [0, 0.1) is 0 Å². The first-order chi connectivity index (χ1) is 8.31. The fourth-order valence-electron chi connectivity index (χ4n) is 1.82. The van der Waals surface area contributed by atoms with Crippen LogP contribution in [0.15, 0.2) is 54.6 Å². The molecule has 2 aromatic carbocycles. The Kier molecular flexibility index (Phi) is 3.78. The Balaban J connectivity index is 2.25. The van der Waals surface area contributed by atoms with Gasteiger partial charge in [0.15, 0.2) is 0 Å². The maximum atomic E-state index is 6.23. The molecule has 0 aromatic heterocycles. The molecule has 17 heavy (non-hydrogen) atoms. The lowest BCUT2D eigenvalue weighted by Gasteiger charge is -2.13. The second-order valence-corrected chi connectivity index (χ2v) is 3.89. The summed E-state index contributed by atoms with van der Waals surface area (Å²) in [4.78, 5) is 0. The van der Waals surface area contributed by atoms with Gasteiger partial charge in [-0.25, -0.2) is 0 Å². The summed E-state index contributed by atoms with van der Waals surface area (Å²) in [6.07, 6.45) is 0. The van der Waals surface area contributed by atoms with Gasteiger partial charge in [-0.05, 0) is 30.2 Å². The second kappa shape index (κ2) is 5.51. The van der Waals surface area contributed by atoms with Crippen LogP contribution in [0.25, 0.3) is 0 Å². The Morgan fingerprint density at radius 3 is 2.41 bits per heavy atom. The van der Waals surface area contributed by atoms with Crippen LogP contribution in [0.1, 0.15) is 24.1 Å². The standard InChI is InChI=1S/C15H17NO/c1-2-17-14-10-6-9-13(11-14)15(16)12-7-4-3-5-8-12/h3-11,15H,2,16H2,1H3. The maximum absolute atomic E-state index is 6.23. The zero-order valence-corrected chi connectivity index (χ0v) is 9.97. The van der Waals surface area contributed by atoms with Gasteiger partial charge in [0.2, 0.25) is 0 Å². The van der Waals surface area contributed by atoms with Gasteiger partial charge in [-0.3, -0.25) is 0 Å². The van der Waals surface area contributed by atoms with E-state index < -0.39 is 0 Å². The molecule has 2 heteroatoms. The van der Waals surface area contributed by atoms with Crippen LogP contribution in [0.5, 0.6) is 5.75 Å². The number of hydrogen-bond acceptors (Lipinski definition) is 2. The van der Waals surface area contributed by atoms with Gasteiger partial charge in [0.05, 0.1) is 12.6 Å². The second-order valence-electron chi connectivity index (χ2n) is 3.89. The molecule has 2 rings (SSSR count). The number of ether oxygens (including phenoxy) is 1. The van der Waals surface area contributed by atoms with Gasteiger partial charge in [0.1, 0.15) is 5.75 Å². The summed E-state index contributed by atoms with van der Waals surface area (Å²) >= 11 is 0. The van der Waals surface area contributed by atoms with Crippen LogP contribution in [-0.2, 0) is 0 Å². The molecule has 0 fully saturated rings. The topological polar surface area (TPSA) is 35.2 Å². The lowest BCUT2D eigenvalue weighted by atomic mass is 10.00. The summed E-state index contributed by atoms with van der Waals surface area (Å²) in [5.74, 6) is 0.872. The van der Waals surface area contributed by atoms with Crippen molar-refractivity contribution in [2.24, 2.45) is 5.73 Å². The lowest BCUT2D eigenvalue weighted by molar-refractivity contribution is 0.340. The van der Waals surface area contributed by atoms with E-state index in [9.17, 15) is 0 Å². The highest BCUT2D eigenvalue weighted by molar-refractivity contribution is 5.36. The first-order valence-electron chi connectivity index (χ1n) is 5.84. The number of benzene rings is 2. The Hall–Kier alpha value is -1.80. The van der Waals surface area contributed by atoms with Crippen molar-refractivity contribution in [3.63, 3.8) is 0 Å². The molecule has 0 heterocycles. The van der Waals surface area contributed by atoms with Crippen LogP contribution in [0.4, 0.5) is 0 Å². The van der Waals surface area contributed by atoms with E-state index in [-0.39, 0.29) is 6.04 Å². The van der Waals surface area contributed by atoms with Crippen molar-refractivity contribution in [1.29, 1.82) is 0 Å². The molecule has 1 unspecified atom stereocenters. The van der Waals surface area contributed by atoms with Crippen LogP contribution >= 0.6 is 0 Å². The molecule has 2 N–H and O–H groups in total. The van der Waals surface area contributed by atoms with Crippen molar-refractivity contribution in [1.82, 2.24) is 0 Å². The summed E-state index contributed by atoms with van der Waals surface area (Å²) in [6, 6.07) is 17.9. The molecule has 0 spiro atoms. The van der Waals surface area contributed by atoms with Gasteiger partial charge in [-0.2, -0.15) is 0 Å². The number of hydrogen-bond donors (Lipinski definition) is 1. The van der Waals surface area contributed by atoms with Crippen molar-refractivity contribution < 1.29 is 4.74 Å². The van der Waals surface area contributed by atoms with Crippen LogP contribution in [0.3, 0.4) is 0 Å². The van der Waals surface area contributed by atoms with E-state index >= 15 is 0 Å². The summed E-state index contributed by atoms with van der Waals surface area (Å²) in [5, 5.41) is 0. The number of nitrogens with two attached hydrogens (primary N) is 1. The summed E-state index contributed by atoms with van der Waals surface area (Å²) < 4.78 is 5.48. The molecule has 0 saturated carbocycles. The van der Waals surface area contributed by atoms with E-state index in [1.54, 1.807) is 0 Å². The third-order valence-electron chi connectivity index (χ3n) is 2.69. The van der Waals surface area contributed by atoms with Crippen molar-refractivity contribution in [3.05, 3.63) is 65.7 Å². The third kappa shape index (κ3) is 2.86. The molecule has 1 atom stereocenters. The Morgan fingerprint density at radius 2 is 1.71 bits per heavy atom. The number of rotatable bonds is 4. The highest BCUT2D eigenvalue weighted by Crippen LogP contribution is 2.22. The van der Waals surface area contributed by atoms with Crippen molar-refractivity contribution in [3.8, 4) is 5.75 Å². The fraction of sp³-hybridized carbons (Fsp3) is 0.200. The third-order valence-corrected chi connectivity index (χ3v) is 2.69. The fourth-order valence-corrected chi connectivity index (χ4v) is 1.82. The molecular formula is C15H17NO. The minimum absolute atomic E-state index is 0.100. The summed E-state index contributed by atoms with van der Waals surface area (Å²) in [5.41, 5.74) is 8.41. The molecule has 0 aliphatic heterocycles. The van der Waals surface area contributed by atoms with Crippen LogP contribution in [-0.4, -0.2) is 6.61 Å². The highest BCUT2D eigenvalue weighted by atomic mass is 16.5. The first kappa shape index (κ1) is 11.7. The highest BCUT2D eigenvalue weighted by Gasteiger charge is 2.08. The van der Waals surface area contributed by atoms with Gasteiger partial charge in [0.25, 0.3) is 0 Å². The van der Waals surface area contributed by atoms with E-state index in [4.69, 9.17) is 10.5 Å². The first-order valence-corrected chi connectivity index (χ1v) is 5.84. The largest absolute Gasteiger partial charge is 0.494 e. The lowest BCUT2D eigenvalue weighted by Crippen LogP contribution is -2.11. The predicted octanol–water partition coefficient (Wildman–Crippen LogP) is 3.13. The predicted molar refractivity (Wildman–Crippen MR) is 70.1 cm³/mol. The molecule has 0 saturated heterocycles. The Morgan fingerprint density at radius 1 is 1.00 bits per heavy atom. The average Bonchev–Trinajstić information content (AvgIpc) is 2.40. The molecular weight excluding hydrogens is 210 g/mol. The minimum atomic E-state index is -0.100. The van der Waals surface area contributed by atoms with E-state index in [1.807, 2.05) is 61.5 Å². The van der Waals surface area contributed by atoms with Gasteiger partial charge in [-0.1, -0.05) is 42.5 Å². The average molecular weight is 227 g/mol. The van der Waals surface area contributed by atoms with E-state index in [0.717, 1.165) is 16.9 Å². The summed E-state index contributed by atoms with van der Waals surface area (Å²) in [6.45, 7) is 2.65. The van der Waals surface area contributed by atoms with Crippen LogP contribution in [0.2, 0.25) is 0 Å². The van der Waals surface area contributed by atoms with E-state index in [1.165, 1.54) is 0 Å². The van der Waals surface area contributed by atoms with Crippen LogP contribution < -0.4 is 10.5 Å². The molecule has 0 aliphatic carbocycles. The Bertz CT molecular complexity index is 467. The zero-order valence-electron chi connectivity index (χ0n) is 9.97. The van der Waals surface area contributed by atoms with E-state index in [0.29, 0.717) is 6.61 Å². The van der Waals surface area contributed by atoms with Crippen molar-refractivity contribution >= 4 is 0 Å². The maximum Gasteiger partial charge on any atom is 0.119 e.